The van der Waals surface area contributed by atoms with Gasteiger partial charge in [0.15, 0.2) is 5.69 Å². The lowest BCUT2D eigenvalue weighted by atomic mass is 9.91. The van der Waals surface area contributed by atoms with Crippen LogP contribution in [0, 0.1) is 0 Å². The molecule has 0 atom stereocenters. The third kappa shape index (κ3) is 3.52. The molecule has 2 heterocycles. The number of oxazole rings is 1. The van der Waals surface area contributed by atoms with Gasteiger partial charge in [0.1, 0.15) is 12.8 Å². The number of alkyl halides is 3. The number of rotatable bonds is 4. The molecule has 0 spiro atoms. The highest BCUT2D eigenvalue weighted by atomic mass is 19.4. The van der Waals surface area contributed by atoms with Crippen molar-refractivity contribution in [3.63, 3.8) is 0 Å². The number of aromatic nitrogens is 2. The van der Waals surface area contributed by atoms with Gasteiger partial charge in [0.05, 0.1) is 5.56 Å². The molecule has 3 rings (SSSR count). The quantitative estimate of drug-likeness (QED) is 0.865. The zero-order valence-electron chi connectivity index (χ0n) is 12.1. The van der Waals surface area contributed by atoms with E-state index in [0.717, 1.165) is 17.6 Å². The number of hydrogen-bond donors (Lipinski definition) is 0. The Morgan fingerprint density at radius 1 is 1.39 bits per heavy atom. The third-order valence-corrected chi connectivity index (χ3v) is 3.76. The molecule has 1 saturated carbocycles. The molecule has 2 aromatic heterocycles. The fraction of sp³-hybridized carbons (Fsp3) is 0.400. The SMILES string of the molecule is O=C(c1coc(-c2cccnc2)n1)N(CC(F)(F)F)C1CCC1. The number of pyridine rings is 1. The van der Waals surface area contributed by atoms with Crippen LogP contribution >= 0.6 is 0 Å². The first kappa shape index (κ1) is 15.5. The van der Waals surface area contributed by atoms with Crippen LogP contribution in [0.25, 0.3) is 11.5 Å². The molecule has 0 radical (unpaired) electrons. The summed E-state index contributed by atoms with van der Waals surface area (Å²) in [6.45, 7) is -1.27. The molecule has 0 N–H and O–H groups in total. The summed E-state index contributed by atoms with van der Waals surface area (Å²) >= 11 is 0. The zero-order valence-corrected chi connectivity index (χ0v) is 12.1. The van der Waals surface area contributed by atoms with Crippen LogP contribution in [0.5, 0.6) is 0 Å². The van der Waals surface area contributed by atoms with Gasteiger partial charge in [-0.3, -0.25) is 9.78 Å². The molecule has 1 aliphatic rings. The Labute approximate surface area is 130 Å². The van der Waals surface area contributed by atoms with E-state index in [2.05, 4.69) is 9.97 Å². The minimum Gasteiger partial charge on any atom is -0.444 e. The van der Waals surface area contributed by atoms with Crippen LogP contribution in [-0.4, -0.2) is 39.5 Å². The molecule has 122 valence electrons. The number of carbonyl (C=O) groups is 1. The minimum atomic E-state index is -4.44. The van der Waals surface area contributed by atoms with Crippen LogP contribution < -0.4 is 0 Å². The topological polar surface area (TPSA) is 59.2 Å². The van der Waals surface area contributed by atoms with E-state index >= 15 is 0 Å². The van der Waals surface area contributed by atoms with E-state index in [-0.39, 0.29) is 17.6 Å². The van der Waals surface area contributed by atoms with Crippen molar-refractivity contribution in [2.75, 3.05) is 6.54 Å². The van der Waals surface area contributed by atoms with Crippen LogP contribution in [0.2, 0.25) is 0 Å². The monoisotopic (exact) mass is 325 g/mol. The largest absolute Gasteiger partial charge is 0.444 e. The summed E-state index contributed by atoms with van der Waals surface area (Å²) in [4.78, 5) is 21.1. The van der Waals surface area contributed by atoms with E-state index in [1.54, 1.807) is 18.3 Å². The summed E-state index contributed by atoms with van der Waals surface area (Å²) in [5.41, 5.74) is 0.428. The lowest BCUT2D eigenvalue weighted by Gasteiger charge is -2.37. The average molecular weight is 325 g/mol. The van der Waals surface area contributed by atoms with Gasteiger partial charge in [-0.2, -0.15) is 13.2 Å². The maximum atomic E-state index is 12.7. The summed E-state index contributed by atoms with van der Waals surface area (Å²) in [6.07, 6.45) is 1.70. The number of carbonyl (C=O) groups excluding carboxylic acids is 1. The number of amides is 1. The van der Waals surface area contributed by atoms with Crippen molar-refractivity contribution in [1.82, 2.24) is 14.9 Å². The molecule has 2 aromatic rings. The van der Waals surface area contributed by atoms with Crippen molar-refractivity contribution < 1.29 is 22.4 Å². The summed E-state index contributed by atoms with van der Waals surface area (Å²) < 4.78 is 43.4. The highest BCUT2D eigenvalue weighted by Crippen LogP contribution is 2.30. The van der Waals surface area contributed by atoms with Gasteiger partial charge in [0.2, 0.25) is 5.89 Å². The molecule has 1 fully saturated rings. The van der Waals surface area contributed by atoms with E-state index in [9.17, 15) is 18.0 Å². The van der Waals surface area contributed by atoms with Crippen LogP contribution in [-0.2, 0) is 0 Å². The summed E-state index contributed by atoms with van der Waals surface area (Å²) in [5, 5.41) is 0. The minimum absolute atomic E-state index is 0.125. The zero-order chi connectivity index (χ0) is 16.4. The van der Waals surface area contributed by atoms with Gasteiger partial charge < -0.3 is 9.32 Å². The maximum Gasteiger partial charge on any atom is 0.406 e. The van der Waals surface area contributed by atoms with E-state index < -0.39 is 18.6 Å². The molecule has 0 saturated heterocycles. The van der Waals surface area contributed by atoms with Gasteiger partial charge in [0.25, 0.3) is 5.91 Å². The van der Waals surface area contributed by atoms with E-state index in [4.69, 9.17) is 4.42 Å². The summed E-state index contributed by atoms with van der Waals surface area (Å²) in [7, 11) is 0. The standard InChI is InChI=1S/C15H14F3N3O2/c16-15(17,18)9-21(11-4-1-5-11)14(22)12-8-23-13(20-12)10-3-2-6-19-7-10/h2-3,6-8,11H,1,4-5,9H2. The van der Waals surface area contributed by atoms with Gasteiger partial charge in [0, 0.05) is 18.4 Å². The van der Waals surface area contributed by atoms with Crippen molar-refractivity contribution in [1.29, 1.82) is 0 Å². The molecule has 23 heavy (non-hydrogen) atoms. The Hall–Kier alpha value is -2.38. The predicted octanol–water partition coefficient (Wildman–Crippen LogP) is 3.29. The Morgan fingerprint density at radius 2 is 2.17 bits per heavy atom. The Balaban J connectivity index is 1.81. The normalized spacial score (nSPS) is 15.3. The van der Waals surface area contributed by atoms with Crippen LogP contribution in [0.4, 0.5) is 13.2 Å². The van der Waals surface area contributed by atoms with Gasteiger partial charge in [-0.25, -0.2) is 4.98 Å². The van der Waals surface area contributed by atoms with Crippen molar-refractivity contribution in [3.05, 3.63) is 36.5 Å². The predicted molar refractivity (Wildman–Crippen MR) is 74.5 cm³/mol. The fourth-order valence-corrected chi connectivity index (χ4v) is 2.40. The van der Waals surface area contributed by atoms with Gasteiger partial charge in [-0.05, 0) is 31.4 Å². The first-order valence-corrected chi connectivity index (χ1v) is 7.18. The molecular weight excluding hydrogens is 311 g/mol. The molecule has 1 amide bonds. The second kappa shape index (κ2) is 6.02. The smallest absolute Gasteiger partial charge is 0.406 e. The van der Waals surface area contributed by atoms with Gasteiger partial charge in [-0.15, -0.1) is 0 Å². The Bertz CT molecular complexity index is 681. The van der Waals surface area contributed by atoms with Crippen molar-refractivity contribution in [2.24, 2.45) is 0 Å². The molecular formula is C15H14F3N3O2. The number of hydrogen-bond acceptors (Lipinski definition) is 4. The summed E-state index contributed by atoms with van der Waals surface area (Å²) in [5.74, 6) is -0.604. The average Bonchev–Trinajstić information content (AvgIpc) is 2.93. The molecule has 1 aliphatic carbocycles. The molecule has 8 heteroatoms. The second-order valence-corrected chi connectivity index (χ2v) is 5.41. The third-order valence-electron chi connectivity index (χ3n) is 3.76. The van der Waals surface area contributed by atoms with E-state index in [0.29, 0.717) is 18.4 Å². The fourth-order valence-electron chi connectivity index (χ4n) is 2.40. The van der Waals surface area contributed by atoms with E-state index in [1.165, 1.54) is 6.20 Å². The van der Waals surface area contributed by atoms with Crippen LogP contribution in [0.3, 0.4) is 0 Å². The maximum absolute atomic E-state index is 12.7. The highest BCUT2D eigenvalue weighted by molar-refractivity contribution is 5.92. The number of nitrogens with zero attached hydrogens (tertiary/aromatic N) is 3. The van der Waals surface area contributed by atoms with E-state index in [1.807, 2.05) is 0 Å². The van der Waals surface area contributed by atoms with Crippen molar-refractivity contribution in [2.45, 2.75) is 31.5 Å². The van der Waals surface area contributed by atoms with Crippen LogP contribution in [0.15, 0.2) is 35.2 Å². The first-order valence-electron chi connectivity index (χ1n) is 7.18. The molecule has 0 bridgehead atoms. The second-order valence-electron chi connectivity index (χ2n) is 5.41. The molecule has 5 nitrogen and oxygen atoms in total. The number of halogens is 3. The van der Waals surface area contributed by atoms with Gasteiger partial charge in [-0.1, -0.05) is 0 Å². The lowest BCUT2D eigenvalue weighted by molar-refractivity contribution is -0.147. The highest BCUT2D eigenvalue weighted by Gasteiger charge is 2.39. The Morgan fingerprint density at radius 3 is 2.74 bits per heavy atom. The first-order chi connectivity index (χ1) is 10.9. The van der Waals surface area contributed by atoms with Crippen molar-refractivity contribution >= 4 is 5.91 Å². The van der Waals surface area contributed by atoms with Crippen LogP contribution in [0.1, 0.15) is 29.8 Å². The Kier molecular flexibility index (Phi) is 4.06. The van der Waals surface area contributed by atoms with Gasteiger partial charge >= 0.3 is 6.18 Å². The molecule has 0 unspecified atom stereocenters. The van der Waals surface area contributed by atoms with Crippen molar-refractivity contribution in [3.8, 4) is 11.5 Å². The lowest BCUT2D eigenvalue weighted by Crippen LogP contribution is -2.48. The molecule has 0 aromatic carbocycles. The summed E-state index contributed by atoms with van der Waals surface area (Å²) in [6, 6.07) is 2.97. The molecule has 0 aliphatic heterocycles.